The summed E-state index contributed by atoms with van der Waals surface area (Å²) in [6, 6.07) is 17.5. The first kappa shape index (κ1) is 23.6. The van der Waals surface area contributed by atoms with Crippen molar-refractivity contribution in [3.05, 3.63) is 108 Å². The van der Waals surface area contributed by atoms with Gasteiger partial charge in [-0.2, -0.15) is 5.10 Å². The van der Waals surface area contributed by atoms with Crippen molar-refractivity contribution >= 4 is 23.4 Å². The van der Waals surface area contributed by atoms with Gasteiger partial charge in [-0.1, -0.05) is 23.8 Å². The number of aryl methyl sites for hydroxylation is 1. The van der Waals surface area contributed by atoms with E-state index in [0.29, 0.717) is 11.3 Å². The molecule has 4 aromatic rings. The van der Waals surface area contributed by atoms with Crippen LogP contribution in [0.25, 0.3) is 0 Å². The third-order valence-electron chi connectivity index (χ3n) is 5.23. The molecule has 0 saturated carbocycles. The fraction of sp³-hybridized carbons (Fsp3) is 0.160. The molecule has 4 rings (SSSR count). The number of thioether (sulfide) groups is 1. The standard InChI is InChI=1S/C25H22F2N4O2S/c1-17-2-4-18(5-3-17)24(32)30-20-7-9-21(10-8-20)34-14-25(33,13-31-16-28-15-29-31)22-11-6-19(26)12-23(22)27/h2-12,15-16,33H,13-14H2,1H3,(H,30,32). The lowest BCUT2D eigenvalue weighted by Gasteiger charge is -2.28. The molecule has 34 heavy (non-hydrogen) atoms. The molecule has 1 heterocycles. The smallest absolute Gasteiger partial charge is 0.255 e. The minimum atomic E-state index is -1.67. The summed E-state index contributed by atoms with van der Waals surface area (Å²) in [5.74, 6) is -1.70. The average molecular weight is 481 g/mol. The van der Waals surface area contributed by atoms with E-state index in [1.165, 1.54) is 35.2 Å². The van der Waals surface area contributed by atoms with E-state index in [0.717, 1.165) is 22.6 Å². The van der Waals surface area contributed by atoms with Crippen molar-refractivity contribution in [2.75, 3.05) is 11.1 Å². The first-order valence-electron chi connectivity index (χ1n) is 10.4. The number of hydrogen-bond acceptors (Lipinski definition) is 5. The maximum absolute atomic E-state index is 14.5. The second-order valence-electron chi connectivity index (χ2n) is 7.88. The van der Waals surface area contributed by atoms with E-state index in [1.807, 2.05) is 19.1 Å². The largest absolute Gasteiger partial charge is 0.382 e. The molecule has 0 bridgehead atoms. The van der Waals surface area contributed by atoms with E-state index in [1.54, 1.807) is 36.4 Å². The number of rotatable bonds is 8. The van der Waals surface area contributed by atoms with Crippen LogP contribution in [0.3, 0.4) is 0 Å². The minimum absolute atomic E-state index is 0.0288. The van der Waals surface area contributed by atoms with Crippen LogP contribution in [-0.4, -0.2) is 31.5 Å². The lowest BCUT2D eigenvalue weighted by molar-refractivity contribution is 0.0360. The second kappa shape index (κ2) is 10.1. The molecule has 0 fully saturated rings. The van der Waals surface area contributed by atoms with Crippen LogP contribution >= 0.6 is 11.8 Å². The number of anilines is 1. The summed E-state index contributed by atoms with van der Waals surface area (Å²) >= 11 is 1.30. The molecule has 9 heteroatoms. The van der Waals surface area contributed by atoms with Gasteiger partial charge in [-0.25, -0.2) is 18.4 Å². The van der Waals surface area contributed by atoms with Gasteiger partial charge < -0.3 is 10.4 Å². The molecule has 0 aliphatic heterocycles. The zero-order valence-corrected chi connectivity index (χ0v) is 19.1. The number of carbonyl (C=O) groups excluding carboxylic acids is 1. The maximum atomic E-state index is 14.5. The van der Waals surface area contributed by atoms with E-state index in [4.69, 9.17) is 0 Å². The number of benzene rings is 3. The topological polar surface area (TPSA) is 80.0 Å². The molecule has 1 unspecified atom stereocenters. The molecule has 1 amide bonds. The van der Waals surface area contributed by atoms with Crippen molar-refractivity contribution in [1.82, 2.24) is 14.8 Å². The van der Waals surface area contributed by atoms with Gasteiger partial charge in [0.1, 0.15) is 29.9 Å². The van der Waals surface area contributed by atoms with Gasteiger partial charge in [-0.3, -0.25) is 4.79 Å². The zero-order valence-electron chi connectivity index (χ0n) is 18.3. The first-order valence-corrected chi connectivity index (χ1v) is 11.4. The van der Waals surface area contributed by atoms with Crippen LogP contribution in [0.15, 0.2) is 84.3 Å². The molecule has 2 N–H and O–H groups in total. The monoisotopic (exact) mass is 480 g/mol. The molecule has 0 saturated heterocycles. The van der Waals surface area contributed by atoms with Crippen molar-refractivity contribution in [2.24, 2.45) is 0 Å². The Balaban J connectivity index is 1.46. The molecule has 3 aromatic carbocycles. The van der Waals surface area contributed by atoms with Crippen molar-refractivity contribution < 1.29 is 18.7 Å². The average Bonchev–Trinajstić information content (AvgIpc) is 3.31. The molecule has 0 aliphatic rings. The van der Waals surface area contributed by atoms with Gasteiger partial charge >= 0.3 is 0 Å². The Morgan fingerprint density at radius 2 is 1.82 bits per heavy atom. The summed E-state index contributed by atoms with van der Waals surface area (Å²) in [7, 11) is 0. The van der Waals surface area contributed by atoms with E-state index in [-0.39, 0.29) is 23.8 Å². The van der Waals surface area contributed by atoms with E-state index in [9.17, 15) is 18.7 Å². The molecule has 174 valence electrons. The van der Waals surface area contributed by atoms with Gasteiger partial charge in [0.05, 0.1) is 6.54 Å². The number of aliphatic hydroxyl groups is 1. The fourth-order valence-electron chi connectivity index (χ4n) is 3.40. The number of carbonyl (C=O) groups is 1. The van der Waals surface area contributed by atoms with Gasteiger partial charge in [-0.05, 0) is 49.4 Å². The number of nitrogens with zero attached hydrogens (tertiary/aromatic N) is 3. The zero-order chi connectivity index (χ0) is 24.1. The number of aromatic nitrogens is 3. The lowest BCUT2D eigenvalue weighted by Crippen LogP contribution is -2.35. The first-order chi connectivity index (χ1) is 16.3. The Kier molecular flexibility index (Phi) is 7.04. The maximum Gasteiger partial charge on any atom is 0.255 e. The highest BCUT2D eigenvalue weighted by atomic mass is 32.2. The predicted molar refractivity (Wildman–Crippen MR) is 127 cm³/mol. The molecule has 0 aliphatic carbocycles. The Labute approximate surface area is 199 Å². The number of halogens is 2. The van der Waals surface area contributed by atoms with Crippen LogP contribution in [0.1, 0.15) is 21.5 Å². The van der Waals surface area contributed by atoms with Gasteiger partial charge in [0.2, 0.25) is 0 Å². The molecule has 0 radical (unpaired) electrons. The van der Waals surface area contributed by atoms with Crippen LogP contribution in [0, 0.1) is 18.6 Å². The Hall–Kier alpha value is -3.56. The van der Waals surface area contributed by atoms with Crippen molar-refractivity contribution in [3.63, 3.8) is 0 Å². The van der Waals surface area contributed by atoms with E-state index < -0.39 is 17.2 Å². The van der Waals surface area contributed by atoms with Gasteiger partial charge in [0.15, 0.2) is 0 Å². The second-order valence-corrected chi connectivity index (χ2v) is 8.93. The summed E-state index contributed by atoms with van der Waals surface area (Å²) in [6.45, 7) is 1.89. The van der Waals surface area contributed by atoms with Crippen molar-refractivity contribution in [2.45, 2.75) is 24.0 Å². The Morgan fingerprint density at radius 1 is 1.09 bits per heavy atom. The highest BCUT2D eigenvalue weighted by molar-refractivity contribution is 7.99. The quantitative estimate of drug-likeness (QED) is 0.354. The van der Waals surface area contributed by atoms with Gasteiger partial charge in [0, 0.05) is 33.5 Å². The molecule has 0 spiro atoms. The summed E-state index contributed by atoms with van der Waals surface area (Å²) in [5, 5.41) is 18.2. The van der Waals surface area contributed by atoms with Gasteiger partial charge in [0.25, 0.3) is 5.91 Å². The summed E-state index contributed by atoms with van der Waals surface area (Å²) in [6.07, 6.45) is 2.74. The van der Waals surface area contributed by atoms with Crippen molar-refractivity contribution in [3.8, 4) is 0 Å². The number of nitrogens with one attached hydrogen (secondary N) is 1. The third-order valence-corrected chi connectivity index (χ3v) is 6.45. The predicted octanol–water partition coefficient (Wildman–Crippen LogP) is 4.80. The minimum Gasteiger partial charge on any atom is -0.382 e. The van der Waals surface area contributed by atoms with Crippen LogP contribution in [0.5, 0.6) is 0 Å². The molecular weight excluding hydrogens is 458 g/mol. The SMILES string of the molecule is Cc1ccc(C(=O)Nc2ccc(SCC(O)(Cn3cncn3)c3ccc(F)cc3F)cc2)cc1. The molecule has 1 aromatic heterocycles. The molecule has 6 nitrogen and oxygen atoms in total. The van der Waals surface area contributed by atoms with Crippen LogP contribution in [0.4, 0.5) is 14.5 Å². The highest BCUT2D eigenvalue weighted by Crippen LogP contribution is 2.33. The molecular formula is C25H22F2N4O2S. The summed E-state index contributed by atoms with van der Waals surface area (Å²) in [4.78, 5) is 17.1. The highest BCUT2D eigenvalue weighted by Gasteiger charge is 2.33. The normalized spacial score (nSPS) is 12.8. The van der Waals surface area contributed by atoms with E-state index in [2.05, 4.69) is 15.4 Å². The number of hydrogen-bond donors (Lipinski definition) is 2. The van der Waals surface area contributed by atoms with Crippen molar-refractivity contribution in [1.29, 1.82) is 0 Å². The van der Waals surface area contributed by atoms with Gasteiger partial charge in [-0.15, -0.1) is 11.8 Å². The summed E-state index contributed by atoms with van der Waals surface area (Å²) in [5.41, 5.74) is 0.552. The Bertz CT molecular complexity index is 1270. The third kappa shape index (κ3) is 5.67. The lowest BCUT2D eigenvalue weighted by atomic mass is 9.95. The fourth-order valence-corrected chi connectivity index (χ4v) is 4.38. The number of amides is 1. The van der Waals surface area contributed by atoms with Crippen LogP contribution in [0.2, 0.25) is 0 Å². The van der Waals surface area contributed by atoms with Crippen LogP contribution in [-0.2, 0) is 12.1 Å². The van der Waals surface area contributed by atoms with Crippen LogP contribution < -0.4 is 5.32 Å². The summed E-state index contributed by atoms with van der Waals surface area (Å²) < 4.78 is 29.4. The molecule has 1 atom stereocenters. The van der Waals surface area contributed by atoms with E-state index >= 15 is 0 Å². The Morgan fingerprint density at radius 3 is 2.47 bits per heavy atom.